The molecule has 1 unspecified atom stereocenters. The molecular weight excluding hydrogens is 348 g/mol. The maximum absolute atomic E-state index is 12.1. The Morgan fingerprint density at radius 2 is 2.25 bits per heavy atom. The summed E-state index contributed by atoms with van der Waals surface area (Å²) in [7, 11) is 0. The number of hydrogen-bond donors (Lipinski definition) is 2. The van der Waals surface area contributed by atoms with E-state index in [1.165, 1.54) is 0 Å². The molecule has 2 N–H and O–H groups in total. The predicted molar refractivity (Wildman–Crippen MR) is 80.1 cm³/mol. The Kier molecular flexibility index (Phi) is 4.88. The molecule has 108 valence electrons. The quantitative estimate of drug-likeness (QED) is 0.866. The van der Waals surface area contributed by atoms with Gasteiger partial charge in [0, 0.05) is 29.0 Å². The van der Waals surface area contributed by atoms with E-state index in [1.807, 2.05) is 0 Å². The first-order valence-corrected chi connectivity index (χ1v) is 7.35. The molecule has 1 aliphatic rings. The third kappa shape index (κ3) is 3.86. The van der Waals surface area contributed by atoms with Gasteiger partial charge in [0.15, 0.2) is 0 Å². The fourth-order valence-corrected chi connectivity index (χ4v) is 3.00. The number of anilines is 1. The number of urea groups is 1. The summed E-state index contributed by atoms with van der Waals surface area (Å²) in [5.74, 6) is -0.787. The third-order valence-electron chi connectivity index (χ3n) is 3.21. The minimum atomic E-state index is -0.822. The van der Waals surface area contributed by atoms with Gasteiger partial charge in [-0.15, -0.1) is 0 Å². The molecule has 1 aromatic carbocycles. The van der Waals surface area contributed by atoms with Crippen molar-refractivity contribution in [3.8, 4) is 0 Å². The van der Waals surface area contributed by atoms with E-state index in [0.717, 1.165) is 6.42 Å². The van der Waals surface area contributed by atoms with Gasteiger partial charge >= 0.3 is 12.0 Å². The monoisotopic (exact) mass is 360 g/mol. The number of nitrogens with zero attached hydrogens (tertiary/aromatic N) is 1. The van der Waals surface area contributed by atoms with Crippen molar-refractivity contribution in [2.75, 3.05) is 18.4 Å². The largest absolute Gasteiger partial charge is 0.481 e. The molecule has 2 amide bonds. The summed E-state index contributed by atoms with van der Waals surface area (Å²) < 4.78 is 0.708. The zero-order valence-corrected chi connectivity index (χ0v) is 12.9. The maximum Gasteiger partial charge on any atom is 0.321 e. The predicted octanol–water partition coefficient (Wildman–Crippen LogP) is 3.43. The summed E-state index contributed by atoms with van der Waals surface area (Å²) in [5, 5.41) is 12.1. The van der Waals surface area contributed by atoms with Gasteiger partial charge in [-0.1, -0.05) is 11.6 Å². The zero-order chi connectivity index (χ0) is 14.7. The Labute approximate surface area is 130 Å². The first-order chi connectivity index (χ1) is 9.45. The molecular formula is C13H14BrClN2O3. The second kappa shape index (κ2) is 6.45. The molecule has 1 aromatic rings. The van der Waals surface area contributed by atoms with Gasteiger partial charge < -0.3 is 15.3 Å². The van der Waals surface area contributed by atoms with Gasteiger partial charge in [-0.05, 0) is 46.5 Å². The highest BCUT2D eigenvalue weighted by atomic mass is 79.9. The Morgan fingerprint density at radius 1 is 1.50 bits per heavy atom. The number of benzene rings is 1. The number of carboxylic acid groups (broad SMARTS) is 1. The molecule has 1 saturated heterocycles. The zero-order valence-electron chi connectivity index (χ0n) is 10.6. The summed E-state index contributed by atoms with van der Waals surface area (Å²) >= 11 is 9.17. The Hall–Kier alpha value is -1.27. The normalized spacial score (nSPS) is 18.1. The lowest BCUT2D eigenvalue weighted by atomic mass is 10.1. The van der Waals surface area contributed by atoms with Crippen molar-refractivity contribution in [2.24, 2.45) is 5.92 Å². The molecule has 1 aliphatic heterocycles. The molecule has 2 rings (SSSR count). The van der Waals surface area contributed by atoms with E-state index in [9.17, 15) is 9.59 Å². The van der Waals surface area contributed by atoms with E-state index in [1.54, 1.807) is 23.1 Å². The van der Waals surface area contributed by atoms with Crippen LogP contribution in [-0.2, 0) is 4.79 Å². The molecule has 0 bridgehead atoms. The number of aliphatic carboxylic acids is 1. The van der Waals surface area contributed by atoms with Gasteiger partial charge in [0.1, 0.15) is 0 Å². The number of rotatable bonds is 3. The molecule has 1 heterocycles. The van der Waals surface area contributed by atoms with E-state index in [2.05, 4.69) is 21.2 Å². The highest BCUT2D eigenvalue weighted by Crippen LogP contribution is 2.27. The average Bonchev–Trinajstić information content (AvgIpc) is 2.80. The van der Waals surface area contributed by atoms with Gasteiger partial charge in [0.2, 0.25) is 0 Å². The lowest BCUT2D eigenvalue weighted by Crippen LogP contribution is -2.33. The molecule has 1 fully saturated rings. The van der Waals surface area contributed by atoms with E-state index in [-0.39, 0.29) is 18.4 Å². The Balaban J connectivity index is 1.94. The van der Waals surface area contributed by atoms with Gasteiger partial charge in [-0.2, -0.15) is 0 Å². The second-order valence-corrected chi connectivity index (χ2v) is 6.04. The van der Waals surface area contributed by atoms with E-state index >= 15 is 0 Å². The Bertz CT molecular complexity index is 538. The highest BCUT2D eigenvalue weighted by Gasteiger charge is 2.27. The van der Waals surface area contributed by atoms with Crippen LogP contribution in [0.3, 0.4) is 0 Å². The molecule has 1 atom stereocenters. The lowest BCUT2D eigenvalue weighted by Gasteiger charge is -2.17. The minimum absolute atomic E-state index is 0.0342. The molecule has 0 radical (unpaired) electrons. The highest BCUT2D eigenvalue weighted by molar-refractivity contribution is 9.10. The first-order valence-electron chi connectivity index (χ1n) is 6.18. The molecule has 7 heteroatoms. The minimum Gasteiger partial charge on any atom is -0.481 e. The van der Waals surface area contributed by atoms with Crippen molar-refractivity contribution in [3.05, 3.63) is 27.7 Å². The van der Waals surface area contributed by atoms with Crippen LogP contribution in [0, 0.1) is 5.92 Å². The molecule has 5 nitrogen and oxygen atoms in total. The van der Waals surface area contributed by atoms with Gasteiger partial charge in [0.25, 0.3) is 0 Å². The fraction of sp³-hybridized carbons (Fsp3) is 0.385. The van der Waals surface area contributed by atoms with Crippen molar-refractivity contribution >= 4 is 45.2 Å². The SMILES string of the molecule is O=C(O)CC1CCN(C(=O)Nc2ccc(Cl)cc2Br)C1. The maximum atomic E-state index is 12.1. The van der Waals surface area contributed by atoms with Gasteiger partial charge in [-0.25, -0.2) is 4.79 Å². The summed E-state index contributed by atoms with van der Waals surface area (Å²) in [6.07, 6.45) is 0.829. The number of hydrogen-bond acceptors (Lipinski definition) is 2. The summed E-state index contributed by atoms with van der Waals surface area (Å²) in [6.45, 7) is 1.05. The topological polar surface area (TPSA) is 69.6 Å². The summed E-state index contributed by atoms with van der Waals surface area (Å²) in [4.78, 5) is 24.4. The standard InChI is InChI=1S/C13H14BrClN2O3/c14-10-6-9(15)1-2-11(10)16-13(20)17-4-3-8(7-17)5-12(18)19/h1-2,6,8H,3-5,7H2,(H,16,20)(H,18,19). The van der Waals surface area contributed by atoms with Crippen molar-refractivity contribution in [2.45, 2.75) is 12.8 Å². The lowest BCUT2D eigenvalue weighted by molar-refractivity contribution is -0.138. The average molecular weight is 362 g/mol. The molecule has 0 saturated carbocycles. The van der Waals surface area contributed by atoms with Crippen molar-refractivity contribution in [1.29, 1.82) is 0 Å². The van der Waals surface area contributed by atoms with Crippen LogP contribution in [0.5, 0.6) is 0 Å². The number of amides is 2. The Morgan fingerprint density at radius 3 is 2.90 bits per heavy atom. The van der Waals surface area contributed by atoms with Crippen molar-refractivity contribution in [3.63, 3.8) is 0 Å². The van der Waals surface area contributed by atoms with Crippen LogP contribution in [0.25, 0.3) is 0 Å². The number of carbonyl (C=O) groups excluding carboxylic acids is 1. The smallest absolute Gasteiger partial charge is 0.321 e. The third-order valence-corrected chi connectivity index (χ3v) is 4.10. The number of carboxylic acids is 1. The molecule has 20 heavy (non-hydrogen) atoms. The van der Waals surface area contributed by atoms with Crippen LogP contribution in [0.2, 0.25) is 5.02 Å². The number of likely N-dealkylation sites (tertiary alicyclic amines) is 1. The van der Waals surface area contributed by atoms with Crippen LogP contribution >= 0.6 is 27.5 Å². The van der Waals surface area contributed by atoms with Crippen LogP contribution < -0.4 is 5.32 Å². The fourth-order valence-electron chi connectivity index (χ4n) is 2.22. The number of nitrogens with one attached hydrogen (secondary N) is 1. The summed E-state index contributed by atoms with van der Waals surface area (Å²) in [6, 6.07) is 4.89. The number of halogens is 2. The van der Waals surface area contributed by atoms with E-state index < -0.39 is 5.97 Å². The summed E-state index contributed by atoms with van der Waals surface area (Å²) in [5.41, 5.74) is 0.640. The van der Waals surface area contributed by atoms with E-state index in [0.29, 0.717) is 28.3 Å². The molecule has 0 aromatic heterocycles. The first kappa shape index (κ1) is 15.1. The second-order valence-electron chi connectivity index (χ2n) is 4.75. The molecule has 0 aliphatic carbocycles. The van der Waals surface area contributed by atoms with Crippen molar-refractivity contribution in [1.82, 2.24) is 4.90 Å². The van der Waals surface area contributed by atoms with Gasteiger partial charge in [0.05, 0.1) is 5.69 Å². The van der Waals surface area contributed by atoms with E-state index in [4.69, 9.17) is 16.7 Å². The van der Waals surface area contributed by atoms with Crippen LogP contribution in [0.15, 0.2) is 22.7 Å². The van der Waals surface area contributed by atoms with Gasteiger partial charge in [-0.3, -0.25) is 4.79 Å². The van der Waals surface area contributed by atoms with Crippen LogP contribution in [0.4, 0.5) is 10.5 Å². The van der Waals surface area contributed by atoms with Crippen LogP contribution in [-0.4, -0.2) is 35.1 Å². The molecule has 0 spiro atoms. The van der Waals surface area contributed by atoms with Crippen LogP contribution in [0.1, 0.15) is 12.8 Å². The number of carbonyl (C=O) groups is 2. The van der Waals surface area contributed by atoms with Crippen molar-refractivity contribution < 1.29 is 14.7 Å².